The molecule has 0 unspecified atom stereocenters. The van der Waals surface area contributed by atoms with Crippen LogP contribution in [0, 0.1) is 21.4 Å². The van der Waals surface area contributed by atoms with Crippen molar-refractivity contribution >= 4 is 5.69 Å². The van der Waals surface area contributed by atoms with Crippen LogP contribution in [0.4, 0.5) is 18.9 Å². The molecule has 0 spiro atoms. The highest BCUT2D eigenvalue weighted by Gasteiger charge is 2.37. The van der Waals surface area contributed by atoms with E-state index >= 15 is 0 Å². The Morgan fingerprint density at radius 2 is 2.16 bits per heavy atom. The molecule has 102 valence electrons. The summed E-state index contributed by atoms with van der Waals surface area (Å²) < 4.78 is 44.9. The molecule has 0 atom stereocenters. The molecule has 0 aliphatic heterocycles. The predicted octanol–water partition coefficient (Wildman–Crippen LogP) is 1.96. The van der Waals surface area contributed by atoms with E-state index in [1.165, 1.54) is 0 Å². The first-order chi connectivity index (χ1) is 8.80. The van der Waals surface area contributed by atoms with E-state index in [1.807, 2.05) is 0 Å². The van der Waals surface area contributed by atoms with Gasteiger partial charge in [-0.2, -0.15) is 5.26 Å². The molecule has 0 aliphatic rings. The molecule has 0 bridgehead atoms. The maximum Gasteiger partial charge on any atom is 0.573 e. The second-order valence-electron chi connectivity index (χ2n) is 3.09. The van der Waals surface area contributed by atoms with Crippen LogP contribution in [-0.4, -0.2) is 23.4 Å². The number of nitriles is 1. The van der Waals surface area contributed by atoms with Gasteiger partial charge in [-0.1, -0.05) is 0 Å². The van der Waals surface area contributed by atoms with E-state index in [-0.39, 0.29) is 12.1 Å². The molecule has 0 fully saturated rings. The van der Waals surface area contributed by atoms with E-state index in [1.54, 1.807) is 6.07 Å². The van der Waals surface area contributed by atoms with Crippen molar-refractivity contribution in [3.05, 3.63) is 22.0 Å². The van der Waals surface area contributed by atoms with Gasteiger partial charge in [-0.15, -0.1) is 13.2 Å². The maximum atomic E-state index is 12.2. The Hall–Kier alpha value is -2.57. The van der Waals surface area contributed by atoms with Crippen molar-refractivity contribution < 1.29 is 27.6 Å². The first-order valence-corrected chi connectivity index (χ1v) is 4.63. The topological polar surface area (TPSA) is 98.3 Å². The number of aromatic nitrogens is 1. The lowest BCUT2D eigenvalue weighted by Gasteiger charge is -2.13. The lowest BCUT2D eigenvalue weighted by molar-refractivity contribution is -0.389. The Bertz CT molecular complexity index is 539. The number of hydrogen-bond donors (Lipinski definition) is 0. The van der Waals surface area contributed by atoms with Gasteiger partial charge in [0.1, 0.15) is 11.9 Å². The average Bonchev–Trinajstić information content (AvgIpc) is 2.27. The number of nitro groups is 1. The highest BCUT2D eigenvalue weighted by molar-refractivity contribution is 5.57. The number of rotatable bonds is 4. The summed E-state index contributed by atoms with van der Waals surface area (Å²) in [6.07, 6.45) is -4.94. The normalized spacial score (nSPS) is 10.7. The smallest absolute Gasteiger partial charge is 0.491 e. The van der Waals surface area contributed by atoms with Crippen LogP contribution in [0.25, 0.3) is 0 Å². The van der Waals surface area contributed by atoms with Crippen LogP contribution in [0.5, 0.6) is 11.5 Å². The van der Waals surface area contributed by atoms with E-state index in [2.05, 4.69) is 14.5 Å². The Labute approximate surface area is 104 Å². The molecule has 10 heteroatoms. The van der Waals surface area contributed by atoms with Crippen molar-refractivity contribution in [1.29, 1.82) is 5.26 Å². The summed E-state index contributed by atoms with van der Waals surface area (Å²) in [4.78, 5) is 13.1. The molecule has 1 aromatic rings. The van der Waals surface area contributed by atoms with E-state index in [9.17, 15) is 23.3 Å². The summed E-state index contributed by atoms with van der Waals surface area (Å²) in [5, 5.41) is 19.1. The zero-order chi connectivity index (χ0) is 14.6. The van der Waals surface area contributed by atoms with Crippen LogP contribution in [0.3, 0.4) is 0 Å². The number of ether oxygens (including phenoxy) is 2. The number of alkyl halides is 3. The van der Waals surface area contributed by atoms with Gasteiger partial charge in [0.15, 0.2) is 5.75 Å². The third-order valence-electron chi connectivity index (χ3n) is 1.91. The molecular weight excluding hydrogens is 271 g/mol. The van der Waals surface area contributed by atoms with Crippen LogP contribution in [0.15, 0.2) is 6.20 Å². The first kappa shape index (κ1) is 14.5. The highest BCUT2D eigenvalue weighted by Crippen LogP contribution is 2.41. The second-order valence-corrected chi connectivity index (χ2v) is 3.09. The Kier molecular flexibility index (Phi) is 4.11. The fourth-order valence-corrected chi connectivity index (χ4v) is 1.26. The lowest BCUT2D eigenvalue weighted by atomic mass is 10.2. The van der Waals surface area contributed by atoms with Gasteiger partial charge in [0.2, 0.25) is 0 Å². The summed E-state index contributed by atoms with van der Waals surface area (Å²) in [7, 11) is 0.991. The molecule has 0 radical (unpaired) electrons. The summed E-state index contributed by atoms with van der Waals surface area (Å²) in [5.41, 5.74) is -1.19. The van der Waals surface area contributed by atoms with Gasteiger partial charge < -0.3 is 9.47 Å². The molecule has 0 aromatic carbocycles. The predicted molar refractivity (Wildman–Crippen MR) is 53.4 cm³/mol. The largest absolute Gasteiger partial charge is 0.573 e. The standard InChI is InChI=1S/C9H6F3N3O4/c1-18-7-5(2-3-13)14-4-6(15(16)17)8(7)19-9(10,11)12/h4H,2H2,1H3. The molecule has 0 N–H and O–H groups in total. The maximum absolute atomic E-state index is 12.2. The number of pyridine rings is 1. The van der Waals surface area contributed by atoms with Gasteiger partial charge in [0, 0.05) is 0 Å². The average molecular weight is 277 g/mol. The van der Waals surface area contributed by atoms with Crippen molar-refractivity contribution in [2.75, 3.05) is 7.11 Å². The van der Waals surface area contributed by atoms with Crippen molar-refractivity contribution in [3.8, 4) is 17.6 Å². The molecule has 0 saturated heterocycles. The number of methoxy groups -OCH3 is 1. The first-order valence-electron chi connectivity index (χ1n) is 4.63. The third-order valence-corrected chi connectivity index (χ3v) is 1.91. The quantitative estimate of drug-likeness (QED) is 0.616. The van der Waals surface area contributed by atoms with Crippen LogP contribution in [0.2, 0.25) is 0 Å². The van der Waals surface area contributed by atoms with Crippen molar-refractivity contribution in [2.24, 2.45) is 0 Å². The Balaban J connectivity index is 3.46. The third kappa shape index (κ3) is 3.44. The summed E-state index contributed by atoms with van der Waals surface area (Å²) >= 11 is 0. The molecule has 19 heavy (non-hydrogen) atoms. The molecular formula is C9H6F3N3O4. The number of halogens is 3. The summed E-state index contributed by atoms with van der Waals surface area (Å²) in [6, 6.07) is 1.65. The van der Waals surface area contributed by atoms with Crippen LogP contribution in [0.1, 0.15) is 5.69 Å². The minimum atomic E-state index is -5.14. The molecule has 0 amide bonds. The molecule has 0 saturated carbocycles. The van der Waals surface area contributed by atoms with E-state index in [4.69, 9.17) is 5.26 Å². The van der Waals surface area contributed by atoms with Gasteiger partial charge in [0.05, 0.1) is 24.5 Å². The fourth-order valence-electron chi connectivity index (χ4n) is 1.26. The molecule has 7 nitrogen and oxygen atoms in total. The number of hydrogen-bond acceptors (Lipinski definition) is 6. The van der Waals surface area contributed by atoms with Gasteiger partial charge in [-0.3, -0.25) is 10.1 Å². The second kappa shape index (κ2) is 5.38. The van der Waals surface area contributed by atoms with E-state index in [0.29, 0.717) is 6.20 Å². The van der Waals surface area contributed by atoms with Crippen molar-refractivity contribution in [1.82, 2.24) is 4.98 Å². The summed E-state index contributed by atoms with van der Waals surface area (Å²) in [5.74, 6) is -1.71. The zero-order valence-corrected chi connectivity index (χ0v) is 9.39. The Morgan fingerprint density at radius 1 is 1.53 bits per heavy atom. The van der Waals surface area contributed by atoms with Gasteiger partial charge in [0.25, 0.3) is 5.75 Å². The highest BCUT2D eigenvalue weighted by atomic mass is 19.4. The minimum absolute atomic E-state index is 0.185. The van der Waals surface area contributed by atoms with Gasteiger partial charge in [-0.05, 0) is 0 Å². The van der Waals surface area contributed by atoms with Gasteiger partial charge in [-0.25, -0.2) is 4.98 Å². The van der Waals surface area contributed by atoms with Crippen LogP contribution in [-0.2, 0) is 6.42 Å². The zero-order valence-electron chi connectivity index (χ0n) is 9.39. The van der Waals surface area contributed by atoms with E-state index in [0.717, 1.165) is 7.11 Å². The molecule has 0 aliphatic carbocycles. The lowest BCUT2D eigenvalue weighted by Crippen LogP contribution is -2.19. The van der Waals surface area contributed by atoms with Crippen molar-refractivity contribution in [3.63, 3.8) is 0 Å². The van der Waals surface area contributed by atoms with Crippen LogP contribution >= 0.6 is 0 Å². The SMILES string of the molecule is COc1c(CC#N)ncc([N+](=O)[O-])c1OC(F)(F)F. The van der Waals surface area contributed by atoms with Crippen molar-refractivity contribution in [2.45, 2.75) is 12.8 Å². The van der Waals surface area contributed by atoms with Crippen LogP contribution < -0.4 is 9.47 Å². The number of nitrogens with zero attached hydrogens (tertiary/aromatic N) is 3. The summed E-state index contributed by atoms with van der Waals surface area (Å²) in [6.45, 7) is 0. The Morgan fingerprint density at radius 3 is 2.58 bits per heavy atom. The molecule has 1 aromatic heterocycles. The monoisotopic (exact) mass is 277 g/mol. The fraction of sp³-hybridized carbons (Fsp3) is 0.333. The van der Waals surface area contributed by atoms with Gasteiger partial charge >= 0.3 is 12.0 Å². The minimum Gasteiger partial charge on any atom is -0.491 e. The molecule has 1 rings (SSSR count). The molecule has 1 heterocycles. The van der Waals surface area contributed by atoms with E-state index < -0.39 is 28.5 Å².